The number of alkyl halides is 1. The van der Waals surface area contributed by atoms with Crippen molar-refractivity contribution in [2.75, 3.05) is 12.0 Å². The number of nitrogens with zero attached hydrogens (tertiary/aromatic N) is 1. The molecule has 1 aliphatic rings. The summed E-state index contributed by atoms with van der Waals surface area (Å²) >= 11 is 5.40. The maximum absolute atomic E-state index is 13.3. The van der Waals surface area contributed by atoms with Gasteiger partial charge in [0.1, 0.15) is 18.3 Å². The lowest BCUT2D eigenvalue weighted by atomic mass is 9.99. The molecule has 2 heterocycles. The summed E-state index contributed by atoms with van der Waals surface area (Å²) in [5, 5.41) is 10.3. The van der Waals surface area contributed by atoms with Gasteiger partial charge in [0.15, 0.2) is 0 Å². The van der Waals surface area contributed by atoms with E-state index in [0.29, 0.717) is 28.2 Å². The number of benzene rings is 2. The fraction of sp³-hybridized carbons (Fsp3) is 0.176. The van der Waals surface area contributed by atoms with Gasteiger partial charge in [-0.15, -0.1) is 0 Å². The third kappa shape index (κ3) is 3.76. The van der Waals surface area contributed by atoms with Crippen LogP contribution in [-0.2, 0) is 6.42 Å². The molecule has 1 aliphatic heterocycles. The zero-order chi connectivity index (χ0) is 18.0. The maximum Gasteiger partial charge on any atom is 0.272 e. The molecule has 4 nitrogen and oxygen atoms in total. The minimum absolute atomic E-state index is 0.245. The summed E-state index contributed by atoms with van der Waals surface area (Å²) in [6.07, 6.45) is 0.377. The third-order valence-corrected chi connectivity index (χ3v) is 3.94. The van der Waals surface area contributed by atoms with Gasteiger partial charge in [0, 0.05) is 22.5 Å². The zero-order valence-electron chi connectivity index (χ0n) is 12.8. The van der Waals surface area contributed by atoms with Crippen molar-refractivity contribution in [3.8, 4) is 0 Å². The number of anilines is 1. The van der Waals surface area contributed by atoms with E-state index in [-0.39, 0.29) is 11.2 Å². The highest BCUT2D eigenvalue weighted by atomic mass is 35.5. The van der Waals surface area contributed by atoms with E-state index in [4.69, 9.17) is 11.6 Å². The maximum atomic E-state index is 13.3. The van der Waals surface area contributed by atoms with Crippen LogP contribution in [0.2, 0.25) is 5.02 Å². The monoisotopic (exact) mass is 367 g/mol. The van der Waals surface area contributed by atoms with Crippen molar-refractivity contribution in [3.63, 3.8) is 0 Å². The summed E-state index contributed by atoms with van der Waals surface area (Å²) in [4.78, 5) is 11.5. The van der Waals surface area contributed by atoms with E-state index in [0.717, 1.165) is 0 Å². The molecule has 0 amide bonds. The molecule has 4 rings (SSSR count). The topological polar surface area (TPSA) is 57.8 Å². The highest BCUT2D eigenvalue weighted by molar-refractivity contribution is 6.30. The van der Waals surface area contributed by atoms with Gasteiger partial charge in [0.2, 0.25) is 0 Å². The van der Waals surface area contributed by atoms with E-state index in [1.165, 1.54) is 24.3 Å². The molecule has 1 atom stereocenters. The van der Waals surface area contributed by atoms with Gasteiger partial charge < -0.3 is 5.32 Å². The van der Waals surface area contributed by atoms with E-state index >= 15 is 0 Å². The van der Waals surface area contributed by atoms with Crippen molar-refractivity contribution < 1.29 is 13.2 Å². The highest BCUT2D eigenvalue weighted by Gasteiger charge is 2.23. The summed E-state index contributed by atoms with van der Waals surface area (Å²) in [6, 6.07) is 7.82. The molecule has 0 bridgehead atoms. The SMILES string of the molecule is Fc1cccc(Cl)c1.O=c1[nH]nc2c3c(cc(F)cc13)NC(CF)C2. The second-order valence-corrected chi connectivity index (χ2v) is 5.95. The number of hydrogen-bond donors (Lipinski definition) is 2. The van der Waals surface area contributed by atoms with Crippen molar-refractivity contribution in [2.45, 2.75) is 12.5 Å². The number of aromatic nitrogens is 2. The van der Waals surface area contributed by atoms with Crippen molar-refractivity contribution in [3.05, 3.63) is 69.1 Å². The van der Waals surface area contributed by atoms with Crippen LogP contribution in [0, 0.1) is 11.6 Å². The molecule has 2 N–H and O–H groups in total. The standard InChI is InChI=1S/C11H9F2N3O.C6H4ClF/c12-4-6-3-9-10-7(11(17)16-15-9)1-5(13)2-8(10)14-6;7-5-2-1-3-6(8)4-5/h1-2,6,14H,3-4H2,(H,16,17);1-4H. The van der Waals surface area contributed by atoms with Crippen LogP contribution in [0.5, 0.6) is 0 Å². The molecule has 8 heteroatoms. The molecular weight excluding hydrogens is 355 g/mol. The molecule has 0 saturated carbocycles. The highest BCUT2D eigenvalue weighted by Crippen LogP contribution is 2.30. The normalized spacial score (nSPS) is 15.3. The first-order chi connectivity index (χ1) is 12.0. The van der Waals surface area contributed by atoms with E-state index in [1.54, 1.807) is 12.1 Å². The quantitative estimate of drug-likeness (QED) is 0.687. The lowest BCUT2D eigenvalue weighted by molar-refractivity contribution is 0.439. The van der Waals surface area contributed by atoms with Gasteiger partial charge in [-0.2, -0.15) is 5.10 Å². The van der Waals surface area contributed by atoms with Gasteiger partial charge in [-0.3, -0.25) is 4.79 Å². The number of rotatable bonds is 1. The van der Waals surface area contributed by atoms with Gasteiger partial charge in [-0.05, 0) is 30.3 Å². The molecule has 0 radical (unpaired) electrons. The summed E-state index contributed by atoms with van der Waals surface area (Å²) in [5.41, 5.74) is 0.587. The molecule has 0 saturated heterocycles. The smallest absolute Gasteiger partial charge is 0.272 e. The largest absolute Gasteiger partial charge is 0.379 e. The van der Waals surface area contributed by atoms with Gasteiger partial charge in [-0.1, -0.05) is 17.7 Å². The first-order valence-corrected chi connectivity index (χ1v) is 7.80. The minimum atomic E-state index is -0.571. The van der Waals surface area contributed by atoms with Gasteiger partial charge >= 0.3 is 0 Å². The number of hydrogen-bond acceptors (Lipinski definition) is 3. The van der Waals surface area contributed by atoms with Crippen LogP contribution < -0.4 is 10.9 Å². The van der Waals surface area contributed by atoms with Crippen LogP contribution in [0.3, 0.4) is 0 Å². The fourth-order valence-corrected chi connectivity index (χ4v) is 2.83. The van der Waals surface area contributed by atoms with E-state index in [9.17, 15) is 18.0 Å². The Morgan fingerprint density at radius 2 is 2.00 bits per heavy atom. The second-order valence-electron chi connectivity index (χ2n) is 5.51. The molecule has 3 aromatic rings. The molecule has 25 heavy (non-hydrogen) atoms. The molecule has 0 spiro atoms. The van der Waals surface area contributed by atoms with Crippen LogP contribution in [0.15, 0.2) is 41.2 Å². The van der Waals surface area contributed by atoms with E-state index in [2.05, 4.69) is 15.5 Å². The van der Waals surface area contributed by atoms with Crippen LogP contribution >= 0.6 is 11.6 Å². The van der Waals surface area contributed by atoms with Crippen LogP contribution in [0.4, 0.5) is 18.9 Å². The number of nitrogens with one attached hydrogen (secondary N) is 2. The molecule has 130 valence electrons. The lowest BCUT2D eigenvalue weighted by Crippen LogP contribution is -2.30. The Morgan fingerprint density at radius 1 is 1.20 bits per heavy atom. The summed E-state index contributed by atoms with van der Waals surface area (Å²) in [6.45, 7) is -0.571. The third-order valence-electron chi connectivity index (χ3n) is 3.70. The van der Waals surface area contributed by atoms with Crippen molar-refractivity contribution in [2.24, 2.45) is 0 Å². The molecule has 2 aromatic carbocycles. The molecular formula is C17H13ClF3N3O. The van der Waals surface area contributed by atoms with Gasteiger partial charge in [-0.25, -0.2) is 18.3 Å². The Kier molecular flexibility index (Phi) is 4.94. The Morgan fingerprint density at radius 3 is 2.64 bits per heavy atom. The van der Waals surface area contributed by atoms with Crippen molar-refractivity contribution in [1.82, 2.24) is 10.2 Å². The lowest BCUT2D eigenvalue weighted by Gasteiger charge is -2.24. The Hall–Kier alpha value is -2.54. The molecule has 0 fully saturated rings. The fourth-order valence-electron chi connectivity index (χ4n) is 2.65. The predicted molar refractivity (Wildman–Crippen MR) is 90.8 cm³/mol. The number of aromatic amines is 1. The van der Waals surface area contributed by atoms with Gasteiger partial charge in [0.25, 0.3) is 5.56 Å². The first kappa shape index (κ1) is 17.3. The van der Waals surface area contributed by atoms with E-state index < -0.39 is 24.1 Å². The van der Waals surface area contributed by atoms with Crippen LogP contribution in [0.1, 0.15) is 5.69 Å². The van der Waals surface area contributed by atoms with Crippen LogP contribution in [-0.4, -0.2) is 22.9 Å². The average molecular weight is 368 g/mol. The summed E-state index contributed by atoms with van der Waals surface area (Å²) in [5.74, 6) is -0.820. The predicted octanol–water partition coefficient (Wildman–Crippen LogP) is 3.85. The summed E-state index contributed by atoms with van der Waals surface area (Å²) < 4.78 is 38.1. The Bertz CT molecular complexity index is 960. The average Bonchev–Trinajstić information content (AvgIpc) is 2.57. The summed E-state index contributed by atoms with van der Waals surface area (Å²) in [7, 11) is 0. The Balaban J connectivity index is 0.000000192. The number of halogens is 4. The van der Waals surface area contributed by atoms with E-state index in [1.807, 2.05) is 0 Å². The molecule has 1 unspecified atom stereocenters. The van der Waals surface area contributed by atoms with Crippen molar-refractivity contribution >= 4 is 28.1 Å². The molecule has 0 aliphatic carbocycles. The minimum Gasteiger partial charge on any atom is -0.379 e. The molecule has 1 aromatic heterocycles. The zero-order valence-corrected chi connectivity index (χ0v) is 13.6. The van der Waals surface area contributed by atoms with Crippen molar-refractivity contribution in [1.29, 1.82) is 0 Å². The van der Waals surface area contributed by atoms with Gasteiger partial charge in [0.05, 0.1) is 17.1 Å². The van der Waals surface area contributed by atoms with Crippen LogP contribution in [0.25, 0.3) is 10.8 Å². The number of H-pyrrole nitrogens is 1. The second kappa shape index (κ2) is 7.14. The first-order valence-electron chi connectivity index (χ1n) is 7.42. The Labute approximate surface area is 145 Å².